The molecule has 0 fully saturated rings. The van der Waals surface area contributed by atoms with Crippen molar-refractivity contribution in [1.82, 2.24) is 5.32 Å². The Bertz CT molecular complexity index is 711. The Morgan fingerprint density at radius 2 is 1.70 bits per heavy atom. The lowest BCUT2D eigenvalue weighted by molar-refractivity contribution is -0.126. The number of hydrogen-bond donors (Lipinski definition) is 2. The maximum atomic E-state index is 11.9. The topological polar surface area (TPSA) is 58.2 Å². The number of halogens is 1. The molecule has 2 amide bonds. The van der Waals surface area contributed by atoms with Crippen LogP contribution in [-0.4, -0.2) is 11.8 Å². The zero-order valence-corrected chi connectivity index (χ0v) is 14.7. The summed E-state index contributed by atoms with van der Waals surface area (Å²) in [6.07, 6.45) is -0.193. The Kier molecular flexibility index (Phi) is 5.93. The van der Waals surface area contributed by atoms with Crippen molar-refractivity contribution in [2.75, 3.05) is 5.32 Å². The molecule has 0 heterocycles. The number of carbonyl (C=O) groups excluding carboxylic acids is 2. The Morgan fingerprint density at radius 3 is 2.35 bits per heavy atom. The minimum atomic E-state index is -0.322. The van der Waals surface area contributed by atoms with E-state index in [1.54, 1.807) is 0 Å². The van der Waals surface area contributed by atoms with E-state index in [0.29, 0.717) is 12.2 Å². The van der Waals surface area contributed by atoms with Crippen LogP contribution in [0.25, 0.3) is 0 Å². The smallest absolute Gasteiger partial charge is 0.233 e. The fourth-order valence-corrected chi connectivity index (χ4v) is 2.55. The second-order valence-electron chi connectivity index (χ2n) is 5.45. The van der Waals surface area contributed by atoms with E-state index in [-0.39, 0.29) is 18.2 Å². The fourth-order valence-electron chi connectivity index (χ4n) is 2.08. The number of aryl methyl sites for hydroxylation is 2. The van der Waals surface area contributed by atoms with Crippen LogP contribution in [0.4, 0.5) is 5.69 Å². The van der Waals surface area contributed by atoms with Gasteiger partial charge in [-0.3, -0.25) is 9.59 Å². The van der Waals surface area contributed by atoms with Gasteiger partial charge in [0.15, 0.2) is 0 Å². The SMILES string of the molecule is Cc1ccc(CNC(=O)CC(=O)Nc2ccc(Br)cc2C)cc1. The number of hydrogen-bond acceptors (Lipinski definition) is 2. The molecule has 23 heavy (non-hydrogen) atoms. The molecule has 2 rings (SSSR count). The molecule has 2 aromatic rings. The minimum absolute atomic E-state index is 0.193. The third kappa shape index (κ3) is 5.53. The van der Waals surface area contributed by atoms with E-state index in [2.05, 4.69) is 26.6 Å². The third-order valence-corrected chi connectivity index (χ3v) is 3.89. The van der Waals surface area contributed by atoms with Crippen LogP contribution in [0, 0.1) is 13.8 Å². The molecule has 0 aliphatic carbocycles. The lowest BCUT2D eigenvalue weighted by Crippen LogP contribution is -2.27. The minimum Gasteiger partial charge on any atom is -0.352 e. The summed E-state index contributed by atoms with van der Waals surface area (Å²) in [4.78, 5) is 23.8. The molecular formula is C18H19BrN2O2. The molecule has 0 aliphatic rings. The van der Waals surface area contributed by atoms with Gasteiger partial charge >= 0.3 is 0 Å². The first-order valence-corrected chi connectivity index (χ1v) is 8.11. The normalized spacial score (nSPS) is 10.2. The predicted octanol–water partition coefficient (Wildman–Crippen LogP) is 3.71. The van der Waals surface area contributed by atoms with Crippen molar-refractivity contribution in [2.45, 2.75) is 26.8 Å². The molecule has 0 atom stereocenters. The summed E-state index contributed by atoms with van der Waals surface area (Å²) >= 11 is 3.37. The van der Waals surface area contributed by atoms with Crippen molar-refractivity contribution in [3.05, 3.63) is 63.6 Å². The van der Waals surface area contributed by atoms with E-state index >= 15 is 0 Å². The van der Waals surface area contributed by atoms with Crippen molar-refractivity contribution in [3.63, 3.8) is 0 Å². The van der Waals surface area contributed by atoms with Gasteiger partial charge in [-0.05, 0) is 43.2 Å². The molecule has 2 aromatic carbocycles. The highest BCUT2D eigenvalue weighted by molar-refractivity contribution is 9.10. The molecule has 0 aliphatic heterocycles. The van der Waals surface area contributed by atoms with Crippen molar-refractivity contribution in [3.8, 4) is 0 Å². The van der Waals surface area contributed by atoms with E-state index in [1.165, 1.54) is 5.56 Å². The lowest BCUT2D eigenvalue weighted by Gasteiger charge is -2.09. The lowest BCUT2D eigenvalue weighted by atomic mass is 10.1. The summed E-state index contributed by atoms with van der Waals surface area (Å²) in [5, 5.41) is 5.50. The molecule has 0 radical (unpaired) electrons. The standard InChI is InChI=1S/C18H19BrN2O2/c1-12-3-5-14(6-4-12)11-20-17(22)10-18(23)21-16-8-7-15(19)9-13(16)2/h3-9H,10-11H2,1-2H3,(H,20,22)(H,21,23). The number of amides is 2. The molecule has 0 saturated carbocycles. The molecule has 5 heteroatoms. The van der Waals surface area contributed by atoms with Gasteiger partial charge in [0.25, 0.3) is 0 Å². The highest BCUT2D eigenvalue weighted by atomic mass is 79.9. The second kappa shape index (κ2) is 7.92. The average Bonchev–Trinajstić information content (AvgIpc) is 2.49. The van der Waals surface area contributed by atoms with Crippen LogP contribution in [0.3, 0.4) is 0 Å². The molecule has 2 N–H and O–H groups in total. The molecule has 0 saturated heterocycles. The van der Waals surface area contributed by atoms with Crippen molar-refractivity contribution in [2.24, 2.45) is 0 Å². The summed E-state index contributed by atoms with van der Waals surface area (Å²) in [7, 11) is 0. The number of benzene rings is 2. The van der Waals surface area contributed by atoms with E-state index in [0.717, 1.165) is 15.6 Å². The summed E-state index contributed by atoms with van der Waals surface area (Å²) in [5.41, 5.74) is 3.83. The van der Waals surface area contributed by atoms with Gasteiger partial charge < -0.3 is 10.6 Å². The van der Waals surface area contributed by atoms with E-state index in [4.69, 9.17) is 0 Å². The maximum absolute atomic E-state index is 11.9. The molecule has 0 aromatic heterocycles. The van der Waals surface area contributed by atoms with Crippen LogP contribution in [-0.2, 0) is 16.1 Å². The van der Waals surface area contributed by atoms with Gasteiger partial charge in [-0.1, -0.05) is 45.8 Å². The van der Waals surface area contributed by atoms with Gasteiger partial charge in [0.2, 0.25) is 11.8 Å². The van der Waals surface area contributed by atoms with Crippen LogP contribution >= 0.6 is 15.9 Å². The van der Waals surface area contributed by atoms with Crippen LogP contribution in [0.15, 0.2) is 46.9 Å². The van der Waals surface area contributed by atoms with E-state index in [1.807, 2.05) is 56.3 Å². The van der Waals surface area contributed by atoms with Gasteiger partial charge in [-0.15, -0.1) is 0 Å². The Balaban J connectivity index is 1.82. The molecule has 0 spiro atoms. The first-order chi connectivity index (χ1) is 10.9. The fraction of sp³-hybridized carbons (Fsp3) is 0.222. The van der Waals surface area contributed by atoms with Crippen LogP contribution in [0.2, 0.25) is 0 Å². The summed E-state index contributed by atoms with van der Waals surface area (Å²) < 4.78 is 0.948. The zero-order valence-electron chi connectivity index (χ0n) is 13.2. The van der Waals surface area contributed by atoms with Crippen molar-refractivity contribution in [1.29, 1.82) is 0 Å². The van der Waals surface area contributed by atoms with Crippen LogP contribution < -0.4 is 10.6 Å². The van der Waals surface area contributed by atoms with Gasteiger partial charge in [-0.2, -0.15) is 0 Å². The maximum Gasteiger partial charge on any atom is 0.233 e. The van der Waals surface area contributed by atoms with E-state index < -0.39 is 0 Å². The average molecular weight is 375 g/mol. The molecule has 4 nitrogen and oxygen atoms in total. The predicted molar refractivity (Wildman–Crippen MR) is 95.2 cm³/mol. The van der Waals surface area contributed by atoms with Crippen LogP contribution in [0.1, 0.15) is 23.1 Å². The molecule has 0 unspecified atom stereocenters. The molecule has 120 valence electrons. The van der Waals surface area contributed by atoms with Gasteiger partial charge in [-0.25, -0.2) is 0 Å². The van der Waals surface area contributed by atoms with Crippen LogP contribution in [0.5, 0.6) is 0 Å². The monoisotopic (exact) mass is 374 g/mol. The van der Waals surface area contributed by atoms with Gasteiger partial charge in [0.05, 0.1) is 0 Å². The molecular weight excluding hydrogens is 356 g/mol. The quantitative estimate of drug-likeness (QED) is 0.783. The van der Waals surface area contributed by atoms with Crippen molar-refractivity contribution >= 4 is 33.4 Å². The summed E-state index contributed by atoms with van der Waals surface area (Å²) in [5.74, 6) is -0.616. The molecule has 0 bridgehead atoms. The highest BCUT2D eigenvalue weighted by Gasteiger charge is 2.10. The Morgan fingerprint density at radius 1 is 1.00 bits per heavy atom. The number of rotatable bonds is 5. The number of carbonyl (C=O) groups is 2. The summed E-state index contributed by atoms with van der Waals surface area (Å²) in [6, 6.07) is 13.5. The third-order valence-electron chi connectivity index (χ3n) is 3.39. The van der Waals surface area contributed by atoms with Gasteiger partial charge in [0.1, 0.15) is 6.42 Å². The van der Waals surface area contributed by atoms with Crippen molar-refractivity contribution < 1.29 is 9.59 Å². The van der Waals surface area contributed by atoms with Gasteiger partial charge in [0, 0.05) is 16.7 Å². The number of nitrogens with one attached hydrogen (secondary N) is 2. The second-order valence-corrected chi connectivity index (χ2v) is 6.36. The largest absolute Gasteiger partial charge is 0.352 e. The highest BCUT2D eigenvalue weighted by Crippen LogP contribution is 2.20. The first kappa shape index (κ1) is 17.2. The Hall–Kier alpha value is -2.14. The van der Waals surface area contributed by atoms with E-state index in [9.17, 15) is 9.59 Å². The number of anilines is 1. The first-order valence-electron chi connectivity index (χ1n) is 7.32. The zero-order chi connectivity index (χ0) is 16.8. The summed E-state index contributed by atoms with van der Waals surface area (Å²) in [6.45, 7) is 4.33. The Labute approximate surface area is 144 Å².